The van der Waals surface area contributed by atoms with Crippen molar-refractivity contribution in [3.05, 3.63) is 76.4 Å². The van der Waals surface area contributed by atoms with Crippen LogP contribution < -0.4 is 15.3 Å². The number of aromatic amines is 1. The van der Waals surface area contributed by atoms with Crippen LogP contribution in [-0.2, 0) is 4.79 Å². The highest BCUT2D eigenvalue weighted by Gasteiger charge is 2.38. The number of nitrogens with one attached hydrogen (secondary N) is 1. The summed E-state index contributed by atoms with van der Waals surface area (Å²) >= 11 is 0. The molecule has 2 aliphatic rings. The van der Waals surface area contributed by atoms with Crippen LogP contribution in [0.3, 0.4) is 0 Å². The van der Waals surface area contributed by atoms with E-state index in [4.69, 9.17) is 9.72 Å². The Bertz CT molecular complexity index is 2070. The SMILES string of the molecule is C=CC(=O)N1CCN2c3nc(=O)n(-c4c(C)ccnc4C(C)C)c4nc(-c5c(C)ccc6[nH]ncc56)c(F)c(c34)OCC2C1. The number of halogens is 1. The van der Waals surface area contributed by atoms with Gasteiger partial charge in [0.1, 0.15) is 23.5 Å². The molecular weight excluding hydrogens is 563 g/mol. The number of carbonyl (C=O) groups excluding carboxylic acids is 1. The van der Waals surface area contributed by atoms with Gasteiger partial charge in [0.2, 0.25) is 5.91 Å². The minimum Gasteiger partial charge on any atom is -0.487 e. The summed E-state index contributed by atoms with van der Waals surface area (Å²) in [6.07, 6.45) is 4.62. The summed E-state index contributed by atoms with van der Waals surface area (Å²) < 4.78 is 24.7. The quantitative estimate of drug-likeness (QED) is 0.308. The van der Waals surface area contributed by atoms with Crippen LogP contribution in [0.5, 0.6) is 5.75 Å². The first-order valence-electron chi connectivity index (χ1n) is 14.6. The maximum Gasteiger partial charge on any atom is 0.355 e. The molecule has 1 fully saturated rings. The monoisotopic (exact) mass is 594 g/mol. The Kier molecular flexibility index (Phi) is 6.45. The Morgan fingerprint density at radius 2 is 2.00 bits per heavy atom. The highest BCUT2D eigenvalue weighted by Crippen LogP contribution is 2.43. The number of hydrogen-bond acceptors (Lipinski definition) is 8. The fourth-order valence-electron chi connectivity index (χ4n) is 6.40. The van der Waals surface area contributed by atoms with E-state index in [1.54, 1.807) is 17.3 Å². The first kappa shape index (κ1) is 27.7. The van der Waals surface area contributed by atoms with E-state index in [1.807, 2.05) is 50.8 Å². The predicted octanol–water partition coefficient (Wildman–Crippen LogP) is 4.19. The summed E-state index contributed by atoms with van der Waals surface area (Å²) in [7, 11) is 0. The van der Waals surface area contributed by atoms with Crippen LogP contribution in [0, 0.1) is 19.7 Å². The smallest absolute Gasteiger partial charge is 0.355 e. The van der Waals surface area contributed by atoms with Crippen molar-refractivity contribution in [2.75, 3.05) is 31.1 Å². The molecule has 224 valence electrons. The van der Waals surface area contributed by atoms with Crippen LogP contribution in [0.1, 0.15) is 36.6 Å². The van der Waals surface area contributed by atoms with Gasteiger partial charge >= 0.3 is 5.69 Å². The van der Waals surface area contributed by atoms with Gasteiger partial charge in [-0.1, -0.05) is 26.5 Å². The third kappa shape index (κ3) is 4.08. The number of anilines is 1. The number of rotatable bonds is 4. The number of fused-ring (bicyclic) bond motifs is 3. The van der Waals surface area contributed by atoms with Crippen molar-refractivity contribution in [2.24, 2.45) is 0 Å². The van der Waals surface area contributed by atoms with E-state index in [0.29, 0.717) is 47.4 Å². The molecule has 1 amide bonds. The Morgan fingerprint density at radius 1 is 1.18 bits per heavy atom. The van der Waals surface area contributed by atoms with Gasteiger partial charge in [-0.15, -0.1) is 0 Å². The first-order valence-corrected chi connectivity index (χ1v) is 14.6. The average molecular weight is 595 g/mol. The second kappa shape index (κ2) is 10.2. The molecule has 0 saturated carbocycles. The van der Waals surface area contributed by atoms with Crippen LogP contribution in [0.15, 0.2) is 48.0 Å². The van der Waals surface area contributed by atoms with Crippen molar-refractivity contribution in [3.8, 4) is 22.7 Å². The van der Waals surface area contributed by atoms with Crippen molar-refractivity contribution in [2.45, 2.75) is 39.7 Å². The predicted molar refractivity (Wildman–Crippen MR) is 165 cm³/mol. The summed E-state index contributed by atoms with van der Waals surface area (Å²) in [5, 5.41) is 8.11. The summed E-state index contributed by atoms with van der Waals surface area (Å²) in [5.74, 6) is -0.641. The van der Waals surface area contributed by atoms with Crippen LogP contribution in [0.2, 0.25) is 0 Å². The second-order valence-corrected chi connectivity index (χ2v) is 11.6. The number of piperazine rings is 1. The number of hydrogen-bond donors (Lipinski definition) is 1. The van der Waals surface area contributed by atoms with E-state index in [1.165, 1.54) is 10.6 Å². The molecule has 0 spiro atoms. The standard InChI is InChI=1S/C32H31FN8O3/c1-6-22(42)39-11-12-40-19(14-39)15-44-29-24-30(40)37-32(43)41(28-18(5)9-10-34-26(28)16(2)3)31(24)36-27(25(29)33)23-17(4)7-8-21-20(23)13-35-38-21/h6-10,13,16,19H,1,11-12,14-15H2,2-5H3,(H,35,38). The van der Waals surface area contributed by atoms with Gasteiger partial charge in [-0.3, -0.25) is 14.9 Å². The molecule has 4 aromatic heterocycles. The number of nitrogens with zero attached hydrogens (tertiary/aromatic N) is 7. The van der Waals surface area contributed by atoms with Crippen molar-refractivity contribution in [3.63, 3.8) is 0 Å². The highest BCUT2D eigenvalue weighted by atomic mass is 19.1. The lowest BCUT2D eigenvalue weighted by atomic mass is 9.99. The normalized spacial score (nSPS) is 16.3. The maximum absolute atomic E-state index is 16.9. The highest BCUT2D eigenvalue weighted by molar-refractivity contribution is 6.01. The van der Waals surface area contributed by atoms with E-state index >= 15 is 4.39 Å². The molecule has 7 rings (SSSR count). The third-order valence-electron chi connectivity index (χ3n) is 8.56. The van der Waals surface area contributed by atoms with Crippen LogP contribution in [-0.4, -0.2) is 72.8 Å². The number of benzene rings is 1. The number of carbonyl (C=O) groups is 1. The molecule has 44 heavy (non-hydrogen) atoms. The molecule has 1 unspecified atom stereocenters. The molecule has 6 heterocycles. The largest absolute Gasteiger partial charge is 0.487 e. The molecule has 0 bridgehead atoms. The van der Waals surface area contributed by atoms with E-state index in [9.17, 15) is 9.59 Å². The van der Waals surface area contributed by atoms with Crippen molar-refractivity contribution >= 4 is 33.7 Å². The zero-order valence-electron chi connectivity index (χ0n) is 24.9. The van der Waals surface area contributed by atoms with Gasteiger partial charge in [0.15, 0.2) is 17.2 Å². The average Bonchev–Trinajstić information content (AvgIpc) is 3.42. The molecular formula is C32H31FN8O3. The van der Waals surface area contributed by atoms with Gasteiger partial charge in [-0.25, -0.2) is 18.7 Å². The zero-order valence-corrected chi connectivity index (χ0v) is 24.9. The summed E-state index contributed by atoms with van der Waals surface area (Å²) in [5.41, 5.74) is 3.79. The fourth-order valence-corrected chi connectivity index (χ4v) is 6.40. The minimum absolute atomic E-state index is 0.0281. The Labute approximate surface area is 252 Å². The van der Waals surface area contributed by atoms with E-state index in [-0.39, 0.29) is 47.4 Å². The van der Waals surface area contributed by atoms with Crippen LogP contribution in [0.25, 0.3) is 38.9 Å². The molecule has 1 N–H and O–H groups in total. The summed E-state index contributed by atoms with van der Waals surface area (Å²) in [4.78, 5) is 44.4. The molecule has 1 aromatic carbocycles. The van der Waals surface area contributed by atoms with Crippen LogP contribution in [0.4, 0.5) is 10.2 Å². The number of aryl methyl sites for hydroxylation is 2. The van der Waals surface area contributed by atoms with Gasteiger partial charge in [0, 0.05) is 36.8 Å². The molecule has 12 heteroatoms. The lowest BCUT2D eigenvalue weighted by Crippen LogP contribution is -2.56. The van der Waals surface area contributed by atoms with Crippen molar-refractivity contribution in [1.82, 2.24) is 34.6 Å². The van der Waals surface area contributed by atoms with Gasteiger partial charge < -0.3 is 14.5 Å². The van der Waals surface area contributed by atoms with E-state index < -0.39 is 11.5 Å². The molecule has 0 aliphatic carbocycles. The Hall–Kier alpha value is -5.13. The summed E-state index contributed by atoms with van der Waals surface area (Å²) in [6.45, 7) is 12.5. The van der Waals surface area contributed by atoms with E-state index in [0.717, 1.165) is 16.6 Å². The van der Waals surface area contributed by atoms with E-state index in [2.05, 4.69) is 26.7 Å². The van der Waals surface area contributed by atoms with Crippen molar-refractivity contribution < 1.29 is 13.9 Å². The number of ether oxygens (including phenoxy) is 1. The Balaban J connectivity index is 1.59. The van der Waals surface area contributed by atoms with Gasteiger partial charge in [-0.05, 0) is 49.1 Å². The number of H-pyrrole nitrogens is 1. The maximum atomic E-state index is 16.9. The second-order valence-electron chi connectivity index (χ2n) is 11.6. The number of aromatic nitrogens is 6. The Morgan fingerprint density at radius 3 is 2.77 bits per heavy atom. The molecule has 0 radical (unpaired) electrons. The number of pyridine rings is 2. The lowest BCUT2D eigenvalue weighted by molar-refractivity contribution is -0.126. The van der Waals surface area contributed by atoms with Gasteiger partial charge in [0.25, 0.3) is 0 Å². The fraction of sp³-hybridized carbons (Fsp3) is 0.312. The van der Waals surface area contributed by atoms with Crippen LogP contribution >= 0.6 is 0 Å². The topological polar surface area (TPSA) is 122 Å². The number of amides is 1. The first-order chi connectivity index (χ1) is 21.2. The minimum atomic E-state index is -0.659. The molecule has 1 saturated heterocycles. The zero-order chi connectivity index (χ0) is 30.9. The molecule has 11 nitrogen and oxygen atoms in total. The van der Waals surface area contributed by atoms with Crippen molar-refractivity contribution in [1.29, 1.82) is 0 Å². The molecule has 2 aliphatic heterocycles. The molecule has 5 aromatic rings. The summed E-state index contributed by atoms with van der Waals surface area (Å²) in [6, 6.07) is 5.21. The molecule has 1 atom stereocenters. The lowest BCUT2D eigenvalue weighted by Gasteiger charge is -2.40. The van der Waals surface area contributed by atoms with Gasteiger partial charge in [-0.2, -0.15) is 10.1 Å². The third-order valence-corrected chi connectivity index (χ3v) is 8.56. The van der Waals surface area contributed by atoms with Gasteiger partial charge in [0.05, 0.1) is 29.1 Å².